The molecule has 2 aliphatic rings. The third-order valence-electron chi connectivity index (χ3n) is 4.80. The Morgan fingerprint density at radius 3 is 2.79 bits per heavy atom. The number of para-hydroxylation sites is 1. The smallest absolute Gasteiger partial charge is 0.258 e. The van der Waals surface area contributed by atoms with Gasteiger partial charge in [0.25, 0.3) is 5.91 Å². The number of fused-ring (bicyclic) bond motifs is 1. The van der Waals surface area contributed by atoms with Crippen LogP contribution < -0.4 is 10.6 Å². The van der Waals surface area contributed by atoms with E-state index in [2.05, 4.69) is 22.6 Å². The van der Waals surface area contributed by atoms with Crippen LogP contribution in [0.25, 0.3) is 11.3 Å². The molecule has 1 amide bonds. The molecule has 2 aromatic rings. The maximum Gasteiger partial charge on any atom is 0.258 e. The average molecular weight is 323 g/mol. The number of hydrogen-bond donors (Lipinski definition) is 2. The Kier molecular flexibility index (Phi) is 3.86. The fraction of sp³-hybridized carbons (Fsp3) is 0.316. The number of nitrogens with zero attached hydrogens (tertiary/aromatic N) is 1. The number of carbonyl (C=O) groups is 1. The summed E-state index contributed by atoms with van der Waals surface area (Å²) in [5.41, 5.74) is 4.28. The van der Waals surface area contributed by atoms with Crippen LogP contribution in [0.1, 0.15) is 24.0 Å². The summed E-state index contributed by atoms with van der Waals surface area (Å²) in [7, 11) is 2.15. The fourth-order valence-corrected chi connectivity index (χ4v) is 3.43. The molecule has 1 aromatic carbocycles. The van der Waals surface area contributed by atoms with Crippen LogP contribution in [-0.2, 0) is 4.79 Å². The van der Waals surface area contributed by atoms with Crippen LogP contribution in [0, 0.1) is 0 Å². The number of hydrogen-bond acceptors (Lipinski definition) is 4. The highest BCUT2D eigenvalue weighted by Gasteiger charge is 2.29. The summed E-state index contributed by atoms with van der Waals surface area (Å²) in [6, 6.07) is 10.1. The zero-order valence-electron chi connectivity index (χ0n) is 13.7. The molecule has 1 fully saturated rings. The Morgan fingerprint density at radius 2 is 2.04 bits per heavy atom. The van der Waals surface area contributed by atoms with Gasteiger partial charge < -0.3 is 20.0 Å². The van der Waals surface area contributed by atoms with Crippen molar-refractivity contribution in [3.63, 3.8) is 0 Å². The highest BCUT2D eigenvalue weighted by molar-refractivity contribution is 6.36. The summed E-state index contributed by atoms with van der Waals surface area (Å²) in [5.74, 6) is -0.0622. The summed E-state index contributed by atoms with van der Waals surface area (Å²) in [4.78, 5) is 14.9. The van der Waals surface area contributed by atoms with E-state index in [-0.39, 0.29) is 5.91 Å². The van der Waals surface area contributed by atoms with E-state index in [4.69, 9.17) is 4.42 Å². The second-order valence-corrected chi connectivity index (χ2v) is 6.48. The van der Waals surface area contributed by atoms with Gasteiger partial charge in [-0.1, -0.05) is 18.2 Å². The number of amides is 1. The molecule has 24 heavy (non-hydrogen) atoms. The molecule has 0 radical (unpaired) electrons. The van der Waals surface area contributed by atoms with Crippen LogP contribution in [0.4, 0.5) is 5.69 Å². The van der Waals surface area contributed by atoms with Gasteiger partial charge in [-0.25, -0.2) is 0 Å². The molecule has 0 unspecified atom stereocenters. The first-order valence-corrected chi connectivity index (χ1v) is 8.35. The van der Waals surface area contributed by atoms with Crippen molar-refractivity contribution in [2.75, 3.05) is 25.5 Å². The van der Waals surface area contributed by atoms with E-state index in [0.717, 1.165) is 48.4 Å². The molecular weight excluding hydrogens is 302 g/mol. The Morgan fingerprint density at radius 1 is 1.25 bits per heavy atom. The molecule has 0 aliphatic carbocycles. The summed E-state index contributed by atoms with van der Waals surface area (Å²) in [6.07, 6.45) is 5.46. The first kappa shape index (κ1) is 15.0. The normalized spacial score (nSPS) is 20.6. The molecule has 5 nitrogen and oxygen atoms in total. The van der Waals surface area contributed by atoms with Crippen molar-refractivity contribution >= 4 is 22.9 Å². The van der Waals surface area contributed by atoms with Gasteiger partial charge in [-0.15, -0.1) is 0 Å². The second-order valence-electron chi connectivity index (χ2n) is 6.48. The highest BCUT2D eigenvalue weighted by atomic mass is 16.3. The quantitative estimate of drug-likeness (QED) is 0.853. The van der Waals surface area contributed by atoms with E-state index >= 15 is 0 Å². The average Bonchev–Trinajstić information content (AvgIpc) is 3.22. The van der Waals surface area contributed by atoms with Crippen LogP contribution >= 0.6 is 0 Å². The van der Waals surface area contributed by atoms with Gasteiger partial charge >= 0.3 is 0 Å². The molecule has 2 N–H and O–H groups in total. The molecule has 5 heteroatoms. The number of piperidine rings is 1. The monoisotopic (exact) mass is 323 g/mol. The van der Waals surface area contributed by atoms with Gasteiger partial charge in [0.05, 0.1) is 23.8 Å². The predicted octanol–water partition coefficient (Wildman–Crippen LogP) is 2.78. The van der Waals surface area contributed by atoms with Gasteiger partial charge in [0.2, 0.25) is 0 Å². The Labute approximate surface area is 141 Å². The standard InChI is InChI=1S/C19H21N3O2/c1-22-9-6-14(7-10-22)20-18(13-8-11-24-12-13)17-15-4-2-3-5-16(15)21-19(17)23/h2-5,8,11-12,14,20H,6-7,9-10H2,1H3,(H,21,23)/b18-17-. The number of carbonyl (C=O) groups excluding carboxylic acids is 1. The van der Waals surface area contributed by atoms with Crippen molar-refractivity contribution in [2.45, 2.75) is 18.9 Å². The fourth-order valence-electron chi connectivity index (χ4n) is 3.43. The zero-order valence-corrected chi connectivity index (χ0v) is 13.7. The lowest BCUT2D eigenvalue weighted by Gasteiger charge is -2.31. The summed E-state index contributed by atoms with van der Waals surface area (Å²) in [6.45, 7) is 2.13. The predicted molar refractivity (Wildman–Crippen MR) is 94.2 cm³/mol. The first-order chi connectivity index (χ1) is 11.7. The van der Waals surface area contributed by atoms with E-state index in [9.17, 15) is 4.79 Å². The second kappa shape index (κ2) is 6.17. The molecule has 2 aliphatic heterocycles. The number of likely N-dealkylation sites (tertiary alicyclic amines) is 1. The third-order valence-corrected chi connectivity index (χ3v) is 4.80. The lowest BCUT2D eigenvalue weighted by Crippen LogP contribution is -2.40. The van der Waals surface area contributed by atoms with Crippen LogP contribution in [0.15, 0.2) is 47.3 Å². The molecule has 0 saturated carbocycles. The van der Waals surface area contributed by atoms with E-state index < -0.39 is 0 Å². The number of benzene rings is 1. The van der Waals surface area contributed by atoms with Crippen LogP contribution in [0.2, 0.25) is 0 Å². The van der Waals surface area contributed by atoms with Gasteiger partial charge in [0.15, 0.2) is 0 Å². The minimum atomic E-state index is -0.0622. The lowest BCUT2D eigenvalue weighted by atomic mass is 9.99. The molecule has 1 saturated heterocycles. The molecule has 0 bridgehead atoms. The van der Waals surface area contributed by atoms with Crippen LogP contribution in [0.3, 0.4) is 0 Å². The molecular formula is C19H21N3O2. The Hall–Kier alpha value is -2.53. The van der Waals surface area contributed by atoms with Crippen molar-refractivity contribution in [3.8, 4) is 0 Å². The third kappa shape index (κ3) is 2.71. The van der Waals surface area contributed by atoms with Gasteiger partial charge in [-0.2, -0.15) is 0 Å². The van der Waals surface area contributed by atoms with E-state index in [1.54, 1.807) is 12.5 Å². The van der Waals surface area contributed by atoms with E-state index in [0.29, 0.717) is 11.6 Å². The molecule has 4 rings (SSSR count). The molecule has 124 valence electrons. The van der Waals surface area contributed by atoms with Crippen LogP contribution in [0.5, 0.6) is 0 Å². The topological polar surface area (TPSA) is 57.5 Å². The summed E-state index contributed by atoms with van der Waals surface area (Å²) >= 11 is 0. The largest absolute Gasteiger partial charge is 0.472 e. The maximum absolute atomic E-state index is 12.6. The SMILES string of the molecule is CN1CCC(N/C(=C2\C(=O)Nc3ccccc32)c2ccoc2)CC1. The number of nitrogens with one attached hydrogen (secondary N) is 2. The Balaban J connectivity index is 1.75. The number of rotatable bonds is 3. The first-order valence-electron chi connectivity index (χ1n) is 8.35. The van der Waals surface area contributed by atoms with Gasteiger partial charge in [-0.05, 0) is 45.1 Å². The molecule has 0 spiro atoms. The molecule has 1 aromatic heterocycles. The van der Waals surface area contributed by atoms with Crippen molar-refractivity contribution in [3.05, 3.63) is 54.0 Å². The lowest BCUT2D eigenvalue weighted by molar-refractivity contribution is -0.110. The van der Waals surface area contributed by atoms with Crippen molar-refractivity contribution in [2.24, 2.45) is 0 Å². The zero-order chi connectivity index (χ0) is 16.5. The molecule has 0 atom stereocenters. The van der Waals surface area contributed by atoms with Gasteiger partial charge in [0.1, 0.15) is 0 Å². The highest BCUT2D eigenvalue weighted by Crippen LogP contribution is 2.36. The van der Waals surface area contributed by atoms with E-state index in [1.165, 1.54) is 0 Å². The summed E-state index contributed by atoms with van der Waals surface area (Å²) in [5, 5.41) is 6.58. The minimum Gasteiger partial charge on any atom is -0.472 e. The van der Waals surface area contributed by atoms with Gasteiger partial charge in [-0.3, -0.25) is 4.79 Å². The number of anilines is 1. The number of furan rings is 1. The van der Waals surface area contributed by atoms with Crippen molar-refractivity contribution in [1.82, 2.24) is 10.2 Å². The Bertz CT molecular complexity index is 772. The summed E-state index contributed by atoms with van der Waals surface area (Å²) < 4.78 is 5.27. The van der Waals surface area contributed by atoms with Crippen molar-refractivity contribution in [1.29, 1.82) is 0 Å². The molecule has 3 heterocycles. The maximum atomic E-state index is 12.6. The minimum absolute atomic E-state index is 0.0622. The van der Waals surface area contributed by atoms with Crippen molar-refractivity contribution < 1.29 is 9.21 Å². The van der Waals surface area contributed by atoms with Gasteiger partial charge in [0, 0.05) is 22.9 Å². The van der Waals surface area contributed by atoms with E-state index in [1.807, 2.05) is 30.3 Å². The van der Waals surface area contributed by atoms with Crippen LogP contribution in [-0.4, -0.2) is 37.0 Å².